The number of rotatable bonds is 5. The molecule has 5 heteroatoms. The van der Waals surface area contributed by atoms with E-state index in [0.29, 0.717) is 6.10 Å². The van der Waals surface area contributed by atoms with E-state index in [0.717, 1.165) is 34.9 Å². The summed E-state index contributed by atoms with van der Waals surface area (Å²) in [6, 6.07) is 0. The zero-order valence-corrected chi connectivity index (χ0v) is 11.7. The van der Waals surface area contributed by atoms with Gasteiger partial charge in [-0.2, -0.15) is 4.37 Å². The van der Waals surface area contributed by atoms with Crippen molar-refractivity contribution in [1.82, 2.24) is 8.75 Å². The molecular weight excluding hydrogens is 252 g/mol. The molecule has 1 aromatic rings. The maximum absolute atomic E-state index is 6.09. The zero-order valence-electron chi connectivity index (χ0n) is 10.1. The largest absolute Gasteiger partial charge is 0.471 e. The molecule has 2 bridgehead atoms. The van der Waals surface area contributed by atoms with Crippen LogP contribution >= 0.6 is 23.5 Å². The monoisotopic (exact) mass is 270 g/mol. The summed E-state index contributed by atoms with van der Waals surface area (Å²) >= 11 is 3.04. The van der Waals surface area contributed by atoms with Gasteiger partial charge < -0.3 is 4.74 Å². The third-order valence-corrected chi connectivity index (χ3v) is 5.59. The predicted octanol–water partition coefficient (Wildman–Crippen LogP) is 3.61. The van der Waals surface area contributed by atoms with Gasteiger partial charge in [0.05, 0.1) is 11.7 Å². The lowest BCUT2D eigenvalue weighted by atomic mass is 9.98. The average molecular weight is 270 g/mol. The molecule has 0 amide bonds. The molecule has 2 saturated carbocycles. The minimum atomic E-state index is 0.415. The second kappa shape index (κ2) is 5.14. The van der Waals surface area contributed by atoms with Gasteiger partial charge in [-0.3, -0.25) is 0 Å². The number of thioether (sulfide) groups is 1. The number of nitrogens with zero attached hydrogens (tertiary/aromatic N) is 2. The van der Waals surface area contributed by atoms with E-state index in [1.807, 2.05) is 0 Å². The van der Waals surface area contributed by atoms with Crippen LogP contribution in [0.3, 0.4) is 0 Å². The molecule has 3 atom stereocenters. The van der Waals surface area contributed by atoms with Crippen LogP contribution in [0.2, 0.25) is 0 Å². The summed E-state index contributed by atoms with van der Waals surface area (Å²) in [6.45, 7) is 2.18. The van der Waals surface area contributed by atoms with Crippen LogP contribution in [-0.2, 0) is 0 Å². The number of aromatic nitrogens is 2. The Balaban J connectivity index is 1.63. The molecule has 0 radical (unpaired) electrons. The molecule has 2 fully saturated rings. The van der Waals surface area contributed by atoms with Crippen molar-refractivity contribution in [2.45, 2.75) is 50.2 Å². The Kier molecular flexibility index (Phi) is 3.56. The molecule has 1 aromatic heterocycles. The first kappa shape index (κ1) is 11.8. The molecule has 17 heavy (non-hydrogen) atoms. The van der Waals surface area contributed by atoms with Gasteiger partial charge in [-0.1, -0.05) is 18.7 Å². The van der Waals surface area contributed by atoms with E-state index >= 15 is 0 Å². The van der Waals surface area contributed by atoms with Gasteiger partial charge in [0.15, 0.2) is 5.03 Å². The van der Waals surface area contributed by atoms with Crippen LogP contribution < -0.4 is 4.74 Å². The predicted molar refractivity (Wildman–Crippen MR) is 70.8 cm³/mol. The van der Waals surface area contributed by atoms with Crippen molar-refractivity contribution in [3.05, 3.63) is 0 Å². The van der Waals surface area contributed by atoms with Gasteiger partial charge in [0.25, 0.3) is 5.88 Å². The fourth-order valence-corrected chi connectivity index (χ4v) is 4.39. The van der Waals surface area contributed by atoms with E-state index in [2.05, 4.69) is 15.7 Å². The Bertz CT molecular complexity index is 382. The van der Waals surface area contributed by atoms with Gasteiger partial charge in [-0.15, -0.1) is 4.37 Å². The lowest BCUT2D eigenvalue weighted by Gasteiger charge is -2.21. The van der Waals surface area contributed by atoms with Gasteiger partial charge in [0, 0.05) is 0 Å². The van der Waals surface area contributed by atoms with Gasteiger partial charge in [0.2, 0.25) is 0 Å². The van der Waals surface area contributed by atoms with E-state index in [-0.39, 0.29) is 0 Å². The van der Waals surface area contributed by atoms with Gasteiger partial charge in [-0.05, 0) is 49.7 Å². The molecule has 2 aliphatic rings. The van der Waals surface area contributed by atoms with Gasteiger partial charge in [-0.25, -0.2) is 0 Å². The van der Waals surface area contributed by atoms with Crippen LogP contribution in [0, 0.1) is 11.8 Å². The maximum atomic E-state index is 6.09. The summed E-state index contributed by atoms with van der Waals surface area (Å²) < 4.78 is 14.7. The Morgan fingerprint density at radius 1 is 1.35 bits per heavy atom. The maximum Gasteiger partial charge on any atom is 0.260 e. The molecule has 3 nitrogen and oxygen atoms in total. The fourth-order valence-electron chi connectivity index (χ4n) is 3.01. The number of hydrogen-bond acceptors (Lipinski definition) is 5. The molecule has 0 N–H and O–H groups in total. The highest BCUT2D eigenvalue weighted by atomic mass is 32.2. The highest BCUT2D eigenvalue weighted by Gasteiger charge is 2.41. The lowest BCUT2D eigenvalue weighted by molar-refractivity contribution is 0.129. The molecule has 0 saturated heterocycles. The molecule has 1 heterocycles. The quantitative estimate of drug-likeness (QED) is 0.766. The van der Waals surface area contributed by atoms with E-state index in [1.165, 1.54) is 37.4 Å². The number of hydrogen-bond donors (Lipinski definition) is 0. The molecule has 3 unspecified atom stereocenters. The third-order valence-electron chi connectivity index (χ3n) is 3.81. The van der Waals surface area contributed by atoms with Gasteiger partial charge >= 0.3 is 0 Å². The van der Waals surface area contributed by atoms with Gasteiger partial charge in [0.1, 0.15) is 6.10 Å². The van der Waals surface area contributed by atoms with Crippen molar-refractivity contribution < 1.29 is 4.74 Å². The second-order valence-electron chi connectivity index (χ2n) is 5.05. The standard InChI is InChI=1S/C12H18N2OS2/c1-2-5-16-12-11(13-17-14-12)15-10-7-8-3-4-9(10)6-8/h8-10H,2-7H2,1H3. The summed E-state index contributed by atoms with van der Waals surface area (Å²) in [7, 11) is 0. The second-order valence-corrected chi connectivity index (χ2v) is 6.67. The first-order chi connectivity index (χ1) is 8.36. The van der Waals surface area contributed by atoms with Crippen LogP contribution in [0.25, 0.3) is 0 Å². The Labute approximate surface area is 111 Å². The highest BCUT2D eigenvalue weighted by molar-refractivity contribution is 7.99. The Hall–Kier alpha value is -0.290. The molecule has 0 aromatic carbocycles. The summed E-state index contributed by atoms with van der Waals surface area (Å²) in [4.78, 5) is 0. The lowest BCUT2D eigenvalue weighted by Crippen LogP contribution is -2.23. The van der Waals surface area contributed by atoms with Crippen LogP contribution in [0.5, 0.6) is 5.88 Å². The van der Waals surface area contributed by atoms with Crippen molar-refractivity contribution in [3.63, 3.8) is 0 Å². The summed E-state index contributed by atoms with van der Waals surface area (Å²) in [5.74, 6) is 3.60. The van der Waals surface area contributed by atoms with Crippen LogP contribution in [0.4, 0.5) is 0 Å². The SMILES string of the molecule is CCCSc1nsnc1OC1CC2CCC1C2. The number of ether oxygens (including phenoxy) is 1. The Morgan fingerprint density at radius 2 is 2.29 bits per heavy atom. The topological polar surface area (TPSA) is 35.0 Å². The molecule has 0 spiro atoms. The highest BCUT2D eigenvalue weighted by Crippen LogP contribution is 2.46. The summed E-state index contributed by atoms with van der Waals surface area (Å²) in [5.41, 5.74) is 0. The van der Waals surface area contributed by atoms with Crippen molar-refractivity contribution in [3.8, 4) is 5.88 Å². The van der Waals surface area contributed by atoms with Crippen molar-refractivity contribution in [1.29, 1.82) is 0 Å². The normalized spacial score (nSPS) is 31.0. The molecule has 2 aliphatic carbocycles. The smallest absolute Gasteiger partial charge is 0.260 e. The fraction of sp³-hybridized carbons (Fsp3) is 0.833. The van der Waals surface area contributed by atoms with Crippen LogP contribution in [-0.4, -0.2) is 20.6 Å². The van der Waals surface area contributed by atoms with Crippen molar-refractivity contribution in [2.24, 2.45) is 11.8 Å². The third kappa shape index (κ3) is 2.45. The molecule has 0 aliphatic heterocycles. The van der Waals surface area contributed by atoms with Crippen molar-refractivity contribution >= 4 is 23.5 Å². The first-order valence-corrected chi connectivity index (χ1v) is 8.20. The summed E-state index contributed by atoms with van der Waals surface area (Å²) in [6.07, 6.45) is 6.95. The van der Waals surface area contributed by atoms with Crippen LogP contribution in [0.15, 0.2) is 5.03 Å². The Morgan fingerprint density at radius 3 is 3.00 bits per heavy atom. The molecule has 94 valence electrons. The van der Waals surface area contributed by atoms with E-state index in [9.17, 15) is 0 Å². The average Bonchev–Trinajstić information content (AvgIpc) is 3.02. The molecular formula is C12H18N2OS2. The minimum Gasteiger partial charge on any atom is -0.471 e. The van der Waals surface area contributed by atoms with E-state index < -0.39 is 0 Å². The van der Waals surface area contributed by atoms with Crippen LogP contribution in [0.1, 0.15) is 39.0 Å². The van der Waals surface area contributed by atoms with E-state index in [1.54, 1.807) is 11.8 Å². The molecule has 3 rings (SSSR count). The minimum absolute atomic E-state index is 0.415. The first-order valence-electron chi connectivity index (χ1n) is 6.48. The number of fused-ring (bicyclic) bond motifs is 2. The summed E-state index contributed by atoms with van der Waals surface area (Å²) in [5, 5.41) is 1.000. The van der Waals surface area contributed by atoms with Crippen molar-refractivity contribution in [2.75, 3.05) is 5.75 Å². The van der Waals surface area contributed by atoms with E-state index in [4.69, 9.17) is 4.74 Å². The zero-order chi connectivity index (χ0) is 11.7.